The highest BCUT2D eigenvalue weighted by molar-refractivity contribution is 9.11. The Hall–Kier alpha value is -0.0200. The smallest absolute Gasteiger partial charge is 0.0689 e. The molecule has 0 spiro atoms. The minimum atomic E-state index is 0.778. The van der Waals surface area contributed by atoms with Gasteiger partial charge < -0.3 is 5.43 Å². The summed E-state index contributed by atoms with van der Waals surface area (Å²) < 4.78 is 1.11. The van der Waals surface area contributed by atoms with E-state index >= 15 is 0 Å². The highest BCUT2D eigenvalue weighted by Gasteiger charge is 1.96. The molecule has 0 aliphatic carbocycles. The maximum Gasteiger partial charge on any atom is 0.0689 e. The molecule has 3 heteroatoms. The van der Waals surface area contributed by atoms with E-state index in [-0.39, 0.29) is 0 Å². The summed E-state index contributed by atoms with van der Waals surface area (Å²) in [7, 11) is 0. The molecular weight excluding hydrogens is 144 g/mol. The van der Waals surface area contributed by atoms with Gasteiger partial charge in [-0.15, -0.1) is 5.43 Å². The van der Waals surface area contributed by atoms with Crippen LogP contribution in [0.3, 0.4) is 0 Å². The average molecular weight is 148 g/mol. The van der Waals surface area contributed by atoms with Gasteiger partial charge in [-0.1, -0.05) is 15.9 Å². The van der Waals surface area contributed by atoms with Gasteiger partial charge in [0.1, 0.15) is 0 Å². The molecule has 0 unspecified atom stereocenters. The van der Waals surface area contributed by atoms with Gasteiger partial charge in [0.15, 0.2) is 0 Å². The van der Waals surface area contributed by atoms with Crippen LogP contribution >= 0.6 is 15.9 Å². The largest absolute Gasteiger partial charge is 0.310 e. The van der Waals surface area contributed by atoms with Gasteiger partial charge in [0.05, 0.1) is 6.54 Å². The Balaban J connectivity index is 2.45. The molecule has 1 N–H and O–H groups in total. The summed E-state index contributed by atoms with van der Waals surface area (Å²) in [6.07, 6.45) is 1.82. The van der Waals surface area contributed by atoms with Crippen LogP contribution in [-0.2, 0) is 0 Å². The van der Waals surface area contributed by atoms with E-state index in [0.29, 0.717) is 0 Å². The Morgan fingerprint density at radius 1 is 2.00 bits per heavy atom. The van der Waals surface area contributed by atoms with Gasteiger partial charge >= 0.3 is 0 Å². The molecule has 0 saturated carbocycles. The van der Waals surface area contributed by atoms with Crippen LogP contribution in [-0.4, -0.2) is 6.54 Å². The van der Waals surface area contributed by atoms with Crippen LogP contribution in [0.5, 0.6) is 0 Å². The van der Waals surface area contributed by atoms with E-state index in [0.717, 1.165) is 11.0 Å². The number of halogens is 1. The third-order valence-electron chi connectivity index (χ3n) is 0.543. The maximum absolute atomic E-state index is 3.77. The van der Waals surface area contributed by atoms with Crippen LogP contribution in [0.1, 0.15) is 0 Å². The molecule has 0 saturated heterocycles. The van der Waals surface area contributed by atoms with Gasteiger partial charge in [0.2, 0.25) is 0 Å². The zero-order chi connectivity index (χ0) is 4.41. The number of hydrogen-bond acceptors (Lipinski definition) is 1. The van der Waals surface area contributed by atoms with Gasteiger partial charge in [-0.05, 0) is 0 Å². The Morgan fingerprint density at radius 3 is 3.00 bits per heavy atom. The highest BCUT2D eigenvalue weighted by Crippen LogP contribution is 2.03. The van der Waals surface area contributed by atoms with Crippen molar-refractivity contribution in [1.29, 1.82) is 0 Å². The van der Waals surface area contributed by atoms with E-state index < -0.39 is 0 Å². The van der Waals surface area contributed by atoms with Crippen LogP contribution in [0, 0.1) is 0 Å². The van der Waals surface area contributed by atoms with Crippen molar-refractivity contribution >= 4 is 15.9 Å². The summed E-state index contributed by atoms with van der Waals surface area (Å²) in [5.41, 5.74) is 6.46. The van der Waals surface area contributed by atoms with Crippen molar-refractivity contribution in [2.45, 2.75) is 0 Å². The maximum atomic E-state index is 3.77. The summed E-state index contributed by atoms with van der Waals surface area (Å²) >= 11 is 3.24. The normalized spacial score (nSPS) is 19.8. The lowest BCUT2D eigenvalue weighted by molar-refractivity contribution is 0.709. The van der Waals surface area contributed by atoms with Gasteiger partial charge in [-0.3, -0.25) is 0 Å². The monoisotopic (exact) mass is 147 g/mol. The molecule has 0 amide bonds. The van der Waals surface area contributed by atoms with Crippen molar-refractivity contribution in [3.05, 3.63) is 10.7 Å². The number of nitrogens with zero attached hydrogens (tertiary/aromatic N) is 1. The van der Waals surface area contributed by atoms with Crippen LogP contribution in [0.25, 0.3) is 0 Å². The molecule has 0 aromatic heterocycles. The van der Waals surface area contributed by atoms with Gasteiger partial charge in [-0.2, -0.15) is 0 Å². The van der Waals surface area contributed by atoms with Crippen molar-refractivity contribution in [1.82, 2.24) is 10.9 Å². The summed E-state index contributed by atoms with van der Waals surface area (Å²) in [5, 5.41) is 0. The molecule has 1 heterocycles. The van der Waals surface area contributed by atoms with Crippen molar-refractivity contribution in [2.75, 3.05) is 6.54 Å². The molecule has 0 aromatic carbocycles. The Kier molecular flexibility index (Phi) is 1.12. The fraction of sp³-hybridized carbons (Fsp3) is 0.333. The van der Waals surface area contributed by atoms with E-state index in [1.807, 2.05) is 6.20 Å². The number of rotatable bonds is 0. The first-order valence-electron chi connectivity index (χ1n) is 1.66. The SMILES string of the molecule is BrC1=CN[N]C1. The Labute approximate surface area is 44.7 Å². The minimum Gasteiger partial charge on any atom is -0.310 e. The lowest BCUT2D eigenvalue weighted by atomic mass is 10.7. The molecule has 0 atom stereocenters. The second-order valence-electron chi connectivity index (χ2n) is 1.04. The molecule has 0 fully saturated rings. The van der Waals surface area contributed by atoms with Gasteiger partial charge in [0, 0.05) is 10.7 Å². The third-order valence-corrected chi connectivity index (χ3v) is 1.02. The van der Waals surface area contributed by atoms with Crippen LogP contribution in [0.4, 0.5) is 0 Å². The van der Waals surface area contributed by atoms with Crippen molar-refractivity contribution in [3.8, 4) is 0 Å². The average Bonchev–Trinajstić information content (AvgIpc) is 1.86. The van der Waals surface area contributed by atoms with E-state index in [1.165, 1.54) is 0 Å². The highest BCUT2D eigenvalue weighted by atomic mass is 79.9. The summed E-state index contributed by atoms with van der Waals surface area (Å²) in [6, 6.07) is 0. The molecule has 1 rings (SSSR count). The lowest BCUT2D eigenvalue weighted by Gasteiger charge is -1.79. The fourth-order valence-corrected chi connectivity index (χ4v) is 0.510. The molecule has 0 aromatic rings. The van der Waals surface area contributed by atoms with Crippen molar-refractivity contribution < 1.29 is 0 Å². The van der Waals surface area contributed by atoms with E-state index in [1.54, 1.807) is 0 Å². The molecule has 0 bridgehead atoms. The quantitative estimate of drug-likeness (QED) is 0.526. The van der Waals surface area contributed by atoms with Gasteiger partial charge in [0.25, 0.3) is 0 Å². The zero-order valence-electron chi connectivity index (χ0n) is 3.11. The third kappa shape index (κ3) is 0.725. The van der Waals surface area contributed by atoms with Crippen LogP contribution in [0.15, 0.2) is 10.7 Å². The molecule has 6 heavy (non-hydrogen) atoms. The van der Waals surface area contributed by atoms with Crippen LogP contribution < -0.4 is 10.9 Å². The first kappa shape index (κ1) is 4.15. The molecule has 33 valence electrons. The van der Waals surface area contributed by atoms with Crippen molar-refractivity contribution in [2.24, 2.45) is 0 Å². The molecule has 1 radical (unpaired) electrons. The van der Waals surface area contributed by atoms with Crippen molar-refractivity contribution in [3.63, 3.8) is 0 Å². The fourth-order valence-electron chi connectivity index (χ4n) is 0.282. The lowest BCUT2D eigenvalue weighted by Crippen LogP contribution is -2.10. The van der Waals surface area contributed by atoms with Crippen LogP contribution in [0.2, 0.25) is 0 Å². The summed E-state index contributed by atoms with van der Waals surface area (Å²) in [5.74, 6) is 0. The molecule has 2 nitrogen and oxygen atoms in total. The Bertz CT molecular complexity index is 78.9. The van der Waals surface area contributed by atoms with Gasteiger partial charge in [-0.25, -0.2) is 0 Å². The predicted octanol–water partition coefficient (Wildman–Crippen LogP) is 0.345. The topological polar surface area (TPSA) is 26.1 Å². The number of hydrogen-bond donors (Lipinski definition) is 1. The Morgan fingerprint density at radius 2 is 2.83 bits per heavy atom. The summed E-state index contributed by atoms with van der Waals surface area (Å²) in [4.78, 5) is 0. The second kappa shape index (κ2) is 1.62. The molecule has 1 aliphatic rings. The summed E-state index contributed by atoms with van der Waals surface area (Å²) in [6.45, 7) is 0.778. The molecule has 1 aliphatic heterocycles. The first-order chi connectivity index (χ1) is 2.89. The number of nitrogens with one attached hydrogen (secondary N) is 1. The second-order valence-corrected chi connectivity index (χ2v) is 2.06. The predicted molar refractivity (Wildman–Crippen MR) is 27.1 cm³/mol. The van der Waals surface area contributed by atoms with E-state index in [9.17, 15) is 0 Å². The standard InChI is InChI=1S/C3H4BrN2/c4-3-1-5-6-2-3/h1,5H,2H2. The first-order valence-corrected chi connectivity index (χ1v) is 2.45. The minimum absolute atomic E-state index is 0.778. The van der Waals surface area contributed by atoms with E-state index in [2.05, 4.69) is 26.8 Å². The van der Waals surface area contributed by atoms with E-state index in [4.69, 9.17) is 0 Å². The molecular formula is C3H4BrN2. The zero-order valence-corrected chi connectivity index (χ0v) is 4.70.